The Bertz CT molecular complexity index is 833. The lowest BCUT2D eigenvalue weighted by Gasteiger charge is -2.18. The van der Waals surface area contributed by atoms with E-state index in [-0.39, 0.29) is 18.0 Å². The Morgan fingerprint density at radius 2 is 0.942 bits per heavy atom. The van der Waals surface area contributed by atoms with Crippen molar-refractivity contribution >= 4 is 17.8 Å². The van der Waals surface area contributed by atoms with Gasteiger partial charge in [0.15, 0.2) is 0 Å². The maximum Gasteiger partial charge on any atom is 0.326 e. The van der Waals surface area contributed by atoms with Gasteiger partial charge in [-0.05, 0) is 83.6 Å². The molecular formula is C45H86N2O5. The van der Waals surface area contributed by atoms with E-state index in [0.717, 1.165) is 64.2 Å². The number of carboxylic acid groups (broad SMARTS) is 1. The molecule has 52 heavy (non-hydrogen) atoms. The van der Waals surface area contributed by atoms with Gasteiger partial charge in [0.2, 0.25) is 5.91 Å². The molecule has 0 radical (unpaired) electrons. The van der Waals surface area contributed by atoms with E-state index >= 15 is 0 Å². The first kappa shape index (κ1) is 50.1. The number of carbonyl (C=O) groups is 3. The lowest BCUT2D eigenvalue weighted by Crippen LogP contribution is -2.40. The van der Waals surface area contributed by atoms with Gasteiger partial charge >= 0.3 is 11.9 Å². The maximum absolute atomic E-state index is 12.8. The zero-order chi connectivity index (χ0) is 38.2. The molecule has 0 saturated heterocycles. The zero-order valence-corrected chi connectivity index (χ0v) is 34.4. The van der Waals surface area contributed by atoms with Gasteiger partial charge in [-0.1, -0.05) is 161 Å². The van der Waals surface area contributed by atoms with Crippen LogP contribution in [0.5, 0.6) is 0 Å². The Kier molecular flexibility index (Phi) is 38.8. The summed E-state index contributed by atoms with van der Waals surface area (Å²) in [5.74, 6) is -1.23. The second kappa shape index (κ2) is 40.3. The third-order valence-electron chi connectivity index (χ3n) is 10.3. The highest BCUT2D eigenvalue weighted by molar-refractivity contribution is 5.83. The average Bonchev–Trinajstić information content (AvgIpc) is 3.13. The number of nitrogens with two attached hydrogens (primary N) is 1. The van der Waals surface area contributed by atoms with Gasteiger partial charge in [0, 0.05) is 12.8 Å². The lowest BCUT2D eigenvalue weighted by molar-refractivity contribution is -0.150. The Morgan fingerprint density at radius 3 is 1.38 bits per heavy atom. The van der Waals surface area contributed by atoms with Crippen LogP contribution in [0.1, 0.15) is 239 Å². The van der Waals surface area contributed by atoms with Gasteiger partial charge in [-0.3, -0.25) is 9.59 Å². The molecule has 0 aliphatic heterocycles. The van der Waals surface area contributed by atoms with Crippen LogP contribution in [0.3, 0.4) is 0 Å². The number of nitrogens with one attached hydrogen (secondary N) is 1. The number of rotatable bonds is 41. The summed E-state index contributed by atoms with van der Waals surface area (Å²) in [7, 11) is 0. The van der Waals surface area contributed by atoms with Crippen molar-refractivity contribution in [2.24, 2.45) is 5.73 Å². The van der Waals surface area contributed by atoms with Crippen LogP contribution in [0.15, 0.2) is 12.2 Å². The van der Waals surface area contributed by atoms with E-state index in [2.05, 4.69) is 31.3 Å². The van der Waals surface area contributed by atoms with Crippen molar-refractivity contribution < 1.29 is 24.2 Å². The highest BCUT2D eigenvalue weighted by Crippen LogP contribution is 2.19. The van der Waals surface area contributed by atoms with Crippen molar-refractivity contribution in [2.75, 3.05) is 6.54 Å². The first-order valence-electron chi connectivity index (χ1n) is 22.5. The molecular weight excluding hydrogens is 649 g/mol. The molecule has 0 bridgehead atoms. The second-order valence-electron chi connectivity index (χ2n) is 15.5. The van der Waals surface area contributed by atoms with Crippen LogP contribution in [-0.4, -0.2) is 41.6 Å². The Balaban J connectivity index is 4.15. The molecule has 0 spiro atoms. The summed E-state index contributed by atoms with van der Waals surface area (Å²) in [6.45, 7) is 4.94. The summed E-state index contributed by atoms with van der Waals surface area (Å²) in [6.07, 6.45) is 44.0. The molecule has 0 aromatic heterocycles. The van der Waals surface area contributed by atoms with Crippen molar-refractivity contribution in [3.05, 3.63) is 12.2 Å². The van der Waals surface area contributed by atoms with E-state index in [0.29, 0.717) is 32.2 Å². The van der Waals surface area contributed by atoms with Gasteiger partial charge < -0.3 is 20.9 Å². The predicted octanol–water partition coefficient (Wildman–Crippen LogP) is 12.7. The first-order chi connectivity index (χ1) is 25.4. The number of carbonyl (C=O) groups excluding carboxylic acids is 2. The fourth-order valence-corrected chi connectivity index (χ4v) is 6.92. The molecule has 0 fully saturated rings. The van der Waals surface area contributed by atoms with Crippen LogP contribution in [0.4, 0.5) is 0 Å². The molecule has 0 saturated carbocycles. The minimum absolute atomic E-state index is 0.0180. The van der Waals surface area contributed by atoms with E-state index in [1.165, 1.54) is 135 Å². The fraction of sp³-hybridized carbons (Fsp3) is 0.889. The summed E-state index contributed by atoms with van der Waals surface area (Å²) in [4.78, 5) is 36.3. The Morgan fingerprint density at radius 1 is 0.538 bits per heavy atom. The highest BCUT2D eigenvalue weighted by atomic mass is 16.5. The van der Waals surface area contributed by atoms with Crippen LogP contribution in [0, 0.1) is 0 Å². The van der Waals surface area contributed by atoms with Crippen LogP contribution in [0.2, 0.25) is 0 Å². The minimum atomic E-state index is -1.00. The van der Waals surface area contributed by atoms with Gasteiger partial charge in [-0.2, -0.15) is 0 Å². The van der Waals surface area contributed by atoms with Crippen LogP contribution in [0.25, 0.3) is 0 Å². The highest BCUT2D eigenvalue weighted by Gasteiger charge is 2.19. The maximum atomic E-state index is 12.8. The zero-order valence-electron chi connectivity index (χ0n) is 34.4. The van der Waals surface area contributed by atoms with Crippen molar-refractivity contribution in [1.29, 1.82) is 0 Å². The molecule has 7 heteroatoms. The Hall–Kier alpha value is -1.89. The van der Waals surface area contributed by atoms with E-state index in [1.54, 1.807) is 0 Å². The molecule has 1 amide bonds. The average molecular weight is 735 g/mol. The number of carboxylic acids is 1. The topological polar surface area (TPSA) is 119 Å². The van der Waals surface area contributed by atoms with E-state index in [1.807, 2.05) is 0 Å². The number of allylic oxidation sites excluding steroid dienone is 2. The smallest absolute Gasteiger partial charge is 0.326 e. The van der Waals surface area contributed by atoms with Gasteiger partial charge in [-0.15, -0.1) is 0 Å². The molecule has 0 aromatic rings. The molecule has 306 valence electrons. The number of unbranched alkanes of at least 4 members (excludes halogenated alkanes) is 25. The van der Waals surface area contributed by atoms with E-state index in [9.17, 15) is 19.5 Å². The van der Waals surface area contributed by atoms with E-state index in [4.69, 9.17) is 10.5 Å². The SMILES string of the molecule is CCCCCCCCC/C=C\CCCCCCCCCC(=O)OC(CCCCCCCCCC)CCCCCCCC(=O)NC(CCCN)C(=O)O. The minimum Gasteiger partial charge on any atom is -0.480 e. The third-order valence-corrected chi connectivity index (χ3v) is 10.3. The molecule has 0 aliphatic carbocycles. The largest absolute Gasteiger partial charge is 0.480 e. The molecule has 2 unspecified atom stereocenters. The molecule has 7 nitrogen and oxygen atoms in total. The van der Waals surface area contributed by atoms with Crippen molar-refractivity contribution in [2.45, 2.75) is 251 Å². The number of aliphatic carboxylic acids is 1. The third kappa shape index (κ3) is 36.5. The fourth-order valence-electron chi connectivity index (χ4n) is 6.92. The molecule has 0 aliphatic rings. The van der Waals surface area contributed by atoms with Crippen molar-refractivity contribution in [3.63, 3.8) is 0 Å². The molecule has 0 rings (SSSR count). The molecule has 4 N–H and O–H groups in total. The van der Waals surface area contributed by atoms with Crippen LogP contribution < -0.4 is 11.1 Å². The molecule has 0 aromatic carbocycles. The number of esters is 1. The van der Waals surface area contributed by atoms with Gasteiger partial charge in [0.1, 0.15) is 12.1 Å². The lowest BCUT2D eigenvalue weighted by atomic mass is 10.0. The second-order valence-corrected chi connectivity index (χ2v) is 15.5. The quantitative estimate of drug-likeness (QED) is 0.0327. The number of ether oxygens (including phenoxy) is 1. The summed E-state index contributed by atoms with van der Waals surface area (Å²) < 4.78 is 6.03. The number of amides is 1. The monoisotopic (exact) mass is 735 g/mol. The van der Waals surface area contributed by atoms with Gasteiger partial charge in [-0.25, -0.2) is 4.79 Å². The summed E-state index contributed by atoms with van der Waals surface area (Å²) >= 11 is 0. The molecule has 0 heterocycles. The predicted molar refractivity (Wildman–Crippen MR) is 221 cm³/mol. The summed E-state index contributed by atoms with van der Waals surface area (Å²) in [6, 6.07) is -0.853. The van der Waals surface area contributed by atoms with Gasteiger partial charge in [0.25, 0.3) is 0 Å². The first-order valence-corrected chi connectivity index (χ1v) is 22.5. The van der Waals surface area contributed by atoms with Crippen molar-refractivity contribution in [1.82, 2.24) is 5.32 Å². The van der Waals surface area contributed by atoms with E-state index < -0.39 is 12.0 Å². The molecule has 2 atom stereocenters. The summed E-state index contributed by atoms with van der Waals surface area (Å²) in [5.41, 5.74) is 5.48. The number of hydrogen-bond donors (Lipinski definition) is 3. The van der Waals surface area contributed by atoms with Crippen molar-refractivity contribution in [3.8, 4) is 0 Å². The number of hydrogen-bond acceptors (Lipinski definition) is 5. The normalized spacial score (nSPS) is 12.7. The van der Waals surface area contributed by atoms with Crippen LogP contribution >= 0.6 is 0 Å². The Labute approximate surface area is 321 Å². The van der Waals surface area contributed by atoms with Crippen LogP contribution in [-0.2, 0) is 19.1 Å². The summed E-state index contributed by atoms with van der Waals surface area (Å²) in [5, 5.41) is 11.9. The standard InChI is InChI=1S/C45H86N2O5/c1-3-5-7-9-11-13-14-15-16-17-18-19-20-21-22-24-29-33-39-44(49)52-41(35-30-26-23-12-10-8-6-4-2)36-31-27-25-28-32-38-43(48)47-42(45(50)51)37-34-40-46/h16-17,41-42H,3-15,18-40,46H2,1-2H3,(H,47,48)(H,50,51)/b17-16-. The van der Waals surface area contributed by atoms with Gasteiger partial charge in [0.05, 0.1) is 0 Å².